The number of anilines is 2. The van der Waals surface area contributed by atoms with Gasteiger partial charge in [0, 0.05) is 24.5 Å². The molecule has 0 aliphatic carbocycles. The fraction of sp³-hybridized carbons (Fsp3) is 0.100. The Balaban J connectivity index is 1.87. The maximum atomic E-state index is 14.3. The van der Waals surface area contributed by atoms with Crippen molar-refractivity contribution >= 4 is 24.1 Å². The summed E-state index contributed by atoms with van der Waals surface area (Å²) in [4.78, 5) is 0. The van der Waals surface area contributed by atoms with E-state index >= 15 is 0 Å². The molecule has 24 heavy (non-hydrogen) atoms. The molecule has 0 atom stereocenters. The van der Waals surface area contributed by atoms with Gasteiger partial charge in [-0.25, -0.2) is 0 Å². The van der Waals surface area contributed by atoms with E-state index in [0.29, 0.717) is 0 Å². The van der Waals surface area contributed by atoms with Crippen LogP contribution in [0, 0.1) is 0 Å². The second kappa shape index (κ2) is 6.18. The standard InChI is InChI=1S/C20H19N2OP/c23-24(20-14-8-3-9-15-20)21(18-10-4-1-5-11-18)16-17-22(24)19-12-6-2-7-13-19/h1-15H,16-17H2. The molecule has 1 heterocycles. The van der Waals surface area contributed by atoms with E-state index in [4.69, 9.17) is 0 Å². The highest BCUT2D eigenvalue weighted by Crippen LogP contribution is 2.59. The van der Waals surface area contributed by atoms with Gasteiger partial charge < -0.3 is 9.34 Å². The van der Waals surface area contributed by atoms with Gasteiger partial charge in [0.1, 0.15) is 0 Å². The zero-order valence-electron chi connectivity index (χ0n) is 13.3. The molecule has 0 bridgehead atoms. The average molecular weight is 334 g/mol. The largest absolute Gasteiger partial charge is 0.301 e. The Kier molecular flexibility index (Phi) is 3.87. The second-order valence-corrected chi connectivity index (χ2v) is 8.37. The first-order valence-electron chi connectivity index (χ1n) is 8.12. The summed E-state index contributed by atoms with van der Waals surface area (Å²) in [6.07, 6.45) is 0. The lowest BCUT2D eigenvalue weighted by molar-refractivity contribution is 0.581. The van der Waals surface area contributed by atoms with Gasteiger partial charge in [0.05, 0.1) is 5.30 Å². The van der Waals surface area contributed by atoms with Crippen molar-refractivity contribution in [3.63, 3.8) is 0 Å². The van der Waals surface area contributed by atoms with E-state index in [9.17, 15) is 4.57 Å². The van der Waals surface area contributed by atoms with Crippen molar-refractivity contribution in [2.24, 2.45) is 0 Å². The molecule has 4 rings (SSSR count). The van der Waals surface area contributed by atoms with Crippen LogP contribution in [0.5, 0.6) is 0 Å². The summed E-state index contributed by atoms with van der Waals surface area (Å²) in [5.74, 6) is 0. The predicted molar refractivity (Wildman–Crippen MR) is 101 cm³/mol. The van der Waals surface area contributed by atoms with E-state index in [2.05, 4.69) is 9.34 Å². The van der Waals surface area contributed by atoms with Crippen LogP contribution in [0.2, 0.25) is 0 Å². The van der Waals surface area contributed by atoms with Crippen molar-refractivity contribution in [1.29, 1.82) is 0 Å². The topological polar surface area (TPSA) is 23.6 Å². The van der Waals surface area contributed by atoms with Gasteiger partial charge in [0.2, 0.25) is 0 Å². The molecular weight excluding hydrogens is 315 g/mol. The molecule has 0 N–H and O–H groups in total. The molecule has 0 saturated carbocycles. The van der Waals surface area contributed by atoms with E-state index in [-0.39, 0.29) is 0 Å². The summed E-state index contributed by atoms with van der Waals surface area (Å²) in [5, 5.41) is 0.871. The first kappa shape index (κ1) is 15.0. The molecule has 1 aliphatic heterocycles. The van der Waals surface area contributed by atoms with E-state index in [1.165, 1.54) is 0 Å². The highest BCUT2D eigenvalue weighted by Gasteiger charge is 2.44. The number of rotatable bonds is 3. The molecule has 3 aromatic carbocycles. The molecule has 0 amide bonds. The Morgan fingerprint density at radius 2 is 0.958 bits per heavy atom. The van der Waals surface area contributed by atoms with Crippen molar-refractivity contribution in [3.05, 3.63) is 91.0 Å². The van der Waals surface area contributed by atoms with Crippen LogP contribution in [-0.2, 0) is 4.57 Å². The fourth-order valence-electron chi connectivity index (χ4n) is 3.26. The third kappa shape index (κ3) is 2.42. The molecule has 0 radical (unpaired) electrons. The lowest BCUT2D eigenvalue weighted by Crippen LogP contribution is -2.27. The summed E-state index contributed by atoms with van der Waals surface area (Å²) < 4.78 is 18.5. The third-order valence-electron chi connectivity index (χ3n) is 4.38. The number of para-hydroxylation sites is 2. The maximum absolute atomic E-state index is 14.3. The minimum absolute atomic E-state index is 0.741. The van der Waals surface area contributed by atoms with E-state index in [1.807, 2.05) is 91.0 Å². The van der Waals surface area contributed by atoms with Gasteiger partial charge >= 0.3 is 0 Å². The second-order valence-electron chi connectivity index (χ2n) is 5.80. The minimum Gasteiger partial charge on any atom is -0.301 e. The first-order chi connectivity index (χ1) is 11.8. The molecule has 3 nitrogen and oxygen atoms in total. The summed E-state index contributed by atoms with van der Waals surface area (Å²) in [6, 6.07) is 29.9. The lowest BCUT2D eigenvalue weighted by Gasteiger charge is -2.32. The number of benzene rings is 3. The van der Waals surface area contributed by atoms with Gasteiger partial charge in [-0.05, 0) is 36.4 Å². The molecular formula is C20H19N2OP. The Morgan fingerprint density at radius 3 is 1.38 bits per heavy atom. The van der Waals surface area contributed by atoms with Crippen LogP contribution < -0.4 is 14.6 Å². The average Bonchev–Trinajstić information content (AvgIpc) is 3.02. The van der Waals surface area contributed by atoms with Crippen molar-refractivity contribution in [3.8, 4) is 0 Å². The van der Waals surface area contributed by atoms with Gasteiger partial charge in [-0.2, -0.15) is 0 Å². The Hall–Kier alpha value is -2.51. The van der Waals surface area contributed by atoms with Gasteiger partial charge in [-0.1, -0.05) is 54.6 Å². The van der Waals surface area contributed by atoms with Crippen LogP contribution in [0.4, 0.5) is 11.4 Å². The Morgan fingerprint density at radius 1 is 0.583 bits per heavy atom. The molecule has 4 heteroatoms. The number of nitrogens with zero attached hydrogens (tertiary/aromatic N) is 2. The van der Waals surface area contributed by atoms with Gasteiger partial charge in [0.15, 0.2) is 0 Å². The number of hydrogen-bond donors (Lipinski definition) is 0. The quantitative estimate of drug-likeness (QED) is 0.658. The smallest absolute Gasteiger partial charge is 0.292 e. The monoisotopic (exact) mass is 334 g/mol. The van der Waals surface area contributed by atoms with Crippen molar-refractivity contribution < 1.29 is 4.57 Å². The van der Waals surface area contributed by atoms with Crippen molar-refractivity contribution in [2.45, 2.75) is 0 Å². The van der Waals surface area contributed by atoms with Crippen molar-refractivity contribution in [1.82, 2.24) is 0 Å². The zero-order valence-corrected chi connectivity index (χ0v) is 14.2. The van der Waals surface area contributed by atoms with Crippen LogP contribution >= 0.6 is 7.44 Å². The highest BCUT2D eigenvalue weighted by molar-refractivity contribution is 7.74. The summed E-state index contributed by atoms with van der Waals surface area (Å²) in [7, 11) is -2.92. The van der Waals surface area contributed by atoms with E-state index in [0.717, 1.165) is 29.8 Å². The molecule has 0 spiro atoms. The lowest BCUT2D eigenvalue weighted by atomic mass is 10.3. The predicted octanol–water partition coefficient (Wildman–Crippen LogP) is 4.53. The molecule has 0 aromatic heterocycles. The van der Waals surface area contributed by atoms with Gasteiger partial charge in [-0.15, -0.1) is 0 Å². The Labute approximate surface area is 142 Å². The van der Waals surface area contributed by atoms with Crippen LogP contribution in [0.15, 0.2) is 91.0 Å². The van der Waals surface area contributed by atoms with E-state index < -0.39 is 7.44 Å². The zero-order chi connectivity index (χ0) is 16.4. The molecule has 3 aromatic rings. The molecule has 0 unspecified atom stereocenters. The SMILES string of the molecule is O=P1(c2ccccc2)N(c2ccccc2)CCN1c1ccccc1. The molecule has 120 valence electrons. The highest BCUT2D eigenvalue weighted by atomic mass is 31.2. The third-order valence-corrected chi connectivity index (χ3v) is 7.52. The van der Waals surface area contributed by atoms with Crippen LogP contribution in [0.3, 0.4) is 0 Å². The van der Waals surface area contributed by atoms with Crippen LogP contribution in [-0.4, -0.2) is 13.1 Å². The molecule has 1 fully saturated rings. The Bertz CT molecular complexity index is 801. The number of hydrogen-bond acceptors (Lipinski definition) is 1. The van der Waals surface area contributed by atoms with Crippen LogP contribution in [0.1, 0.15) is 0 Å². The first-order valence-corrected chi connectivity index (χ1v) is 9.73. The summed E-state index contributed by atoms with van der Waals surface area (Å²) in [5.41, 5.74) is 2.01. The van der Waals surface area contributed by atoms with Crippen molar-refractivity contribution in [2.75, 3.05) is 22.4 Å². The normalized spacial score (nSPS) is 16.3. The summed E-state index contributed by atoms with van der Waals surface area (Å²) in [6.45, 7) is 1.48. The fourth-order valence-corrected chi connectivity index (χ4v) is 6.26. The van der Waals surface area contributed by atoms with Gasteiger partial charge in [0.25, 0.3) is 7.44 Å². The molecule has 1 saturated heterocycles. The minimum atomic E-state index is -2.92. The van der Waals surface area contributed by atoms with E-state index in [1.54, 1.807) is 0 Å². The van der Waals surface area contributed by atoms with Gasteiger partial charge in [-0.3, -0.25) is 4.57 Å². The van der Waals surface area contributed by atoms with Crippen LogP contribution in [0.25, 0.3) is 0 Å². The molecule has 1 aliphatic rings. The summed E-state index contributed by atoms with van der Waals surface area (Å²) >= 11 is 0. The maximum Gasteiger partial charge on any atom is 0.292 e.